The summed E-state index contributed by atoms with van der Waals surface area (Å²) in [4.78, 5) is 4.97. The first-order chi connectivity index (χ1) is 16.3. The molecule has 184 valence electrons. The van der Waals surface area contributed by atoms with Gasteiger partial charge in [0.05, 0.1) is 11.4 Å². The minimum Gasteiger partial charge on any atom is -0.299 e. The lowest BCUT2D eigenvalue weighted by molar-refractivity contribution is 0.0947. The van der Waals surface area contributed by atoms with Gasteiger partial charge in [0.1, 0.15) is 5.82 Å². The van der Waals surface area contributed by atoms with Gasteiger partial charge < -0.3 is 0 Å². The summed E-state index contributed by atoms with van der Waals surface area (Å²) in [5, 5.41) is 9.12. The molecule has 0 radical (unpaired) electrons. The van der Waals surface area contributed by atoms with Crippen molar-refractivity contribution in [2.24, 2.45) is 13.0 Å². The van der Waals surface area contributed by atoms with Gasteiger partial charge in [-0.05, 0) is 77.7 Å². The Morgan fingerprint density at radius 1 is 1.03 bits per heavy atom. The standard InChI is InChI=1S/C27H39FN6/c1-6-34-19-25(21(3)30-34)18-33-13-11-22(12-14-33)27(15-23-9-7-8-10-26(23)28)31(4)16-24-17-32(5)29-20(24)2/h7-10,17,19,22,27H,6,11-16,18H2,1-5H3/t27-/m0/s1. The van der Waals surface area contributed by atoms with Gasteiger partial charge in [0, 0.05) is 56.2 Å². The smallest absolute Gasteiger partial charge is 0.126 e. The van der Waals surface area contributed by atoms with Crippen molar-refractivity contribution in [1.82, 2.24) is 29.4 Å². The van der Waals surface area contributed by atoms with Gasteiger partial charge in [-0.25, -0.2) is 4.39 Å². The Balaban J connectivity index is 1.45. The maximum absolute atomic E-state index is 14.6. The molecule has 3 heterocycles. The van der Waals surface area contributed by atoms with Crippen LogP contribution in [0.1, 0.15) is 47.8 Å². The highest BCUT2D eigenvalue weighted by Crippen LogP contribution is 2.29. The lowest BCUT2D eigenvalue weighted by Gasteiger charge is -2.40. The van der Waals surface area contributed by atoms with Gasteiger partial charge >= 0.3 is 0 Å². The van der Waals surface area contributed by atoms with Crippen LogP contribution in [0.4, 0.5) is 4.39 Å². The Labute approximate surface area is 203 Å². The van der Waals surface area contributed by atoms with Gasteiger partial charge in [0.25, 0.3) is 0 Å². The van der Waals surface area contributed by atoms with E-state index in [-0.39, 0.29) is 11.9 Å². The van der Waals surface area contributed by atoms with Crippen LogP contribution in [-0.2, 0) is 33.1 Å². The molecule has 1 fully saturated rings. The number of likely N-dealkylation sites (tertiary alicyclic amines) is 1. The highest BCUT2D eigenvalue weighted by molar-refractivity contribution is 5.20. The molecule has 3 aromatic rings. The average Bonchev–Trinajstić information content (AvgIpc) is 3.33. The van der Waals surface area contributed by atoms with Gasteiger partial charge in [-0.2, -0.15) is 10.2 Å². The molecular weight excluding hydrogens is 427 g/mol. The van der Waals surface area contributed by atoms with Gasteiger partial charge in [-0.1, -0.05) is 18.2 Å². The average molecular weight is 467 g/mol. The van der Waals surface area contributed by atoms with Crippen LogP contribution in [0.15, 0.2) is 36.7 Å². The summed E-state index contributed by atoms with van der Waals surface area (Å²) in [7, 11) is 4.15. The number of piperidine rings is 1. The molecule has 0 bridgehead atoms. The van der Waals surface area contributed by atoms with Crippen LogP contribution in [-0.4, -0.2) is 55.5 Å². The van der Waals surface area contributed by atoms with Crippen LogP contribution in [0.5, 0.6) is 0 Å². The van der Waals surface area contributed by atoms with Crippen molar-refractivity contribution in [1.29, 1.82) is 0 Å². The lowest BCUT2D eigenvalue weighted by atomic mass is 9.84. The van der Waals surface area contributed by atoms with Crippen molar-refractivity contribution in [2.45, 2.75) is 65.7 Å². The van der Waals surface area contributed by atoms with Crippen LogP contribution < -0.4 is 0 Å². The first-order valence-corrected chi connectivity index (χ1v) is 12.5. The van der Waals surface area contributed by atoms with E-state index in [1.165, 1.54) is 11.1 Å². The number of rotatable bonds is 9. The van der Waals surface area contributed by atoms with Crippen molar-refractivity contribution < 1.29 is 4.39 Å². The van der Waals surface area contributed by atoms with Crippen LogP contribution in [0.3, 0.4) is 0 Å². The Hall–Kier alpha value is -2.51. The van der Waals surface area contributed by atoms with E-state index in [0.717, 1.165) is 68.9 Å². The van der Waals surface area contributed by atoms with E-state index in [1.807, 2.05) is 28.5 Å². The molecule has 1 saturated heterocycles. The minimum absolute atomic E-state index is 0.0979. The molecule has 0 aliphatic carbocycles. The summed E-state index contributed by atoms with van der Waals surface area (Å²) in [6.07, 6.45) is 7.27. The molecule has 2 aromatic heterocycles. The molecular formula is C27H39FN6. The Kier molecular flexibility index (Phi) is 7.84. The topological polar surface area (TPSA) is 42.1 Å². The normalized spacial score (nSPS) is 16.4. The zero-order valence-corrected chi connectivity index (χ0v) is 21.3. The third-order valence-electron chi connectivity index (χ3n) is 7.43. The fourth-order valence-corrected chi connectivity index (χ4v) is 5.37. The molecule has 7 heteroatoms. The van der Waals surface area contributed by atoms with Crippen LogP contribution in [0.2, 0.25) is 0 Å². The number of likely N-dealkylation sites (N-methyl/N-ethyl adjacent to an activating group) is 1. The van der Waals surface area contributed by atoms with Crippen molar-refractivity contribution >= 4 is 0 Å². The summed E-state index contributed by atoms with van der Waals surface area (Å²) in [6, 6.07) is 7.52. The number of hydrogen-bond acceptors (Lipinski definition) is 4. The number of hydrogen-bond donors (Lipinski definition) is 0. The SMILES string of the molecule is CCn1cc(CN2CCC([C@H](Cc3ccccc3F)N(C)Cc3cn(C)nc3C)CC2)c(C)n1. The third kappa shape index (κ3) is 5.76. The Bertz CT molecular complexity index is 1080. The number of nitrogens with zero attached hydrogens (tertiary/aromatic N) is 6. The maximum Gasteiger partial charge on any atom is 0.126 e. The van der Waals surface area contributed by atoms with Gasteiger partial charge in [0.15, 0.2) is 0 Å². The van der Waals surface area contributed by atoms with E-state index < -0.39 is 0 Å². The van der Waals surface area contributed by atoms with Gasteiger partial charge in [-0.3, -0.25) is 19.2 Å². The molecule has 6 nitrogen and oxygen atoms in total. The number of aryl methyl sites for hydroxylation is 4. The maximum atomic E-state index is 14.6. The molecule has 0 amide bonds. The molecule has 1 aromatic carbocycles. The molecule has 1 aliphatic rings. The summed E-state index contributed by atoms with van der Waals surface area (Å²) in [6.45, 7) is 11.1. The molecule has 4 rings (SSSR count). The number of aromatic nitrogens is 4. The molecule has 1 atom stereocenters. The van der Waals surface area contributed by atoms with Crippen molar-refractivity contribution in [2.75, 3.05) is 20.1 Å². The van der Waals surface area contributed by atoms with E-state index >= 15 is 0 Å². The van der Waals surface area contributed by atoms with E-state index in [2.05, 4.69) is 60.2 Å². The first kappa shape index (κ1) is 24.6. The molecule has 0 saturated carbocycles. The van der Waals surface area contributed by atoms with Crippen LogP contribution in [0, 0.1) is 25.6 Å². The summed E-state index contributed by atoms with van der Waals surface area (Å²) in [5.74, 6) is 0.427. The molecule has 0 unspecified atom stereocenters. The fraction of sp³-hybridized carbons (Fsp3) is 0.556. The Morgan fingerprint density at radius 3 is 2.35 bits per heavy atom. The zero-order chi connectivity index (χ0) is 24.2. The van der Waals surface area contributed by atoms with Crippen molar-refractivity contribution in [3.63, 3.8) is 0 Å². The number of halogens is 1. The highest BCUT2D eigenvalue weighted by atomic mass is 19.1. The fourth-order valence-electron chi connectivity index (χ4n) is 5.37. The quantitative estimate of drug-likeness (QED) is 0.470. The van der Waals surface area contributed by atoms with Crippen molar-refractivity contribution in [3.05, 3.63) is 70.6 Å². The predicted molar refractivity (Wildman–Crippen MR) is 134 cm³/mol. The predicted octanol–water partition coefficient (Wildman–Crippen LogP) is 4.35. The second-order valence-electron chi connectivity index (χ2n) is 9.90. The van der Waals surface area contributed by atoms with Crippen LogP contribution in [0.25, 0.3) is 0 Å². The second kappa shape index (κ2) is 10.8. The number of benzene rings is 1. The molecule has 0 N–H and O–H groups in total. The van der Waals surface area contributed by atoms with E-state index in [1.54, 1.807) is 12.1 Å². The monoisotopic (exact) mass is 466 g/mol. The molecule has 0 spiro atoms. The third-order valence-corrected chi connectivity index (χ3v) is 7.43. The van der Waals surface area contributed by atoms with Gasteiger partial charge in [-0.15, -0.1) is 0 Å². The summed E-state index contributed by atoms with van der Waals surface area (Å²) >= 11 is 0. The first-order valence-electron chi connectivity index (χ1n) is 12.5. The minimum atomic E-state index is -0.0979. The lowest BCUT2D eigenvalue weighted by Crippen LogP contribution is -2.45. The second-order valence-corrected chi connectivity index (χ2v) is 9.90. The van der Waals surface area contributed by atoms with E-state index in [4.69, 9.17) is 0 Å². The largest absolute Gasteiger partial charge is 0.299 e. The van der Waals surface area contributed by atoms with Gasteiger partial charge in [0.2, 0.25) is 0 Å². The summed E-state index contributed by atoms with van der Waals surface area (Å²) in [5.41, 5.74) is 5.58. The van der Waals surface area contributed by atoms with Crippen molar-refractivity contribution in [3.8, 4) is 0 Å². The van der Waals surface area contributed by atoms with E-state index in [0.29, 0.717) is 5.92 Å². The highest BCUT2D eigenvalue weighted by Gasteiger charge is 2.30. The van der Waals surface area contributed by atoms with E-state index in [9.17, 15) is 4.39 Å². The molecule has 34 heavy (non-hydrogen) atoms. The van der Waals surface area contributed by atoms with Crippen LogP contribution >= 0.6 is 0 Å². The Morgan fingerprint density at radius 2 is 1.74 bits per heavy atom. The summed E-state index contributed by atoms with van der Waals surface area (Å²) < 4.78 is 18.5. The molecule has 1 aliphatic heterocycles. The zero-order valence-electron chi connectivity index (χ0n) is 21.3.